The standard InChI is InChI=1S/C16H25NO3/c1-3-5-15-11-16(12-18,8-9-20-15)17-13-6-4-7-14(10-13)19-2/h4,6-7,10,15,17-18H,3,5,8-9,11-12H2,1-2H3. The monoisotopic (exact) mass is 279 g/mol. The number of nitrogens with one attached hydrogen (secondary N) is 1. The first-order valence-corrected chi connectivity index (χ1v) is 7.36. The summed E-state index contributed by atoms with van der Waals surface area (Å²) in [6.07, 6.45) is 4.04. The van der Waals surface area contributed by atoms with E-state index in [-0.39, 0.29) is 18.2 Å². The zero-order valence-corrected chi connectivity index (χ0v) is 12.4. The fourth-order valence-corrected chi connectivity index (χ4v) is 2.83. The predicted octanol–water partition coefficient (Wildman–Crippen LogP) is 2.82. The number of methoxy groups -OCH3 is 1. The van der Waals surface area contributed by atoms with Gasteiger partial charge in [-0.25, -0.2) is 0 Å². The Labute approximate surface area is 121 Å². The highest BCUT2D eigenvalue weighted by Gasteiger charge is 2.36. The molecular formula is C16H25NO3. The van der Waals surface area contributed by atoms with Gasteiger partial charge in [-0.05, 0) is 31.4 Å². The number of hydrogen-bond acceptors (Lipinski definition) is 4. The fraction of sp³-hybridized carbons (Fsp3) is 0.625. The van der Waals surface area contributed by atoms with Gasteiger partial charge in [0.1, 0.15) is 5.75 Å². The third-order valence-electron chi connectivity index (χ3n) is 3.95. The molecule has 2 unspecified atom stereocenters. The van der Waals surface area contributed by atoms with Crippen molar-refractivity contribution >= 4 is 5.69 Å². The van der Waals surface area contributed by atoms with E-state index >= 15 is 0 Å². The van der Waals surface area contributed by atoms with Crippen LogP contribution >= 0.6 is 0 Å². The van der Waals surface area contributed by atoms with Crippen molar-refractivity contribution in [1.29, 1.82) is 0 Å². The van der Waals surface area contributed by atoms with Crippen molar-refractivity contribution < 1.29 is 14.6 Å². The molecule has 20 heavy (non-hydrogen) atoms. The second kappa shape index (κ2) is 6.95. The van der Waals surface area contributed by atoms with Crippen molar-refractivity contribution in [2.75, 3.05) is 25.6 Å². The highest BCUT2D eigenvalue weighted by Crippen LogP contribution is 2.31. The van der Waals surface area contributed by atoms with Gasteiger partial charge in [-0.3, -0.25) is 0 Å². The molecule has 0 amide bonds. The minimum Gasteiger partial charge on any atom is -0.497 e. The lowest BCUT2D eigenvalue weighted by molar-refractivity contribution is -0.0299. The largest absolute Gasteiger partial charge is 0.497 e. The molecule has 1 aliphatic heterocycles. The van der Waals surface area contributed by atoms with Gasteiger partial charge in [0.25, 0.3) is 0 Å². The van der Waals surface area contributed by atoms with Gasteiger partial charge < -0.3 is 19.9 Å². The van der Waals surface area contributed by atoms with Gasteiger partial charge in [-0.15, -0.1) is 0 Å². The summed E-state index contributed by atoms with van der Waals surface area (Å²) in [6.45, 7) is 2.98. The van der Waals surface area contributed by atoms with Crippen LogP contribution in [0.5, 0.6) is 5.75 Å². The molecule has 0 bridgehead atoms. The second-order valence-electron chi connectivity index (χ2n) is 5.53. The molecule has 1 aromatic rings. The number of aliphatic hydroxyl groups excluding tert-OH is 1. The molecule has 1 aliphatic rings. The maximum Gasteiger partial charge on any atom is 0.120 e. The van der Waals surface area contributed by atoms with Crippen molar-refractivity contribution in [1.82, 2.24) is 0 Å². The Hall–Kier alpha value is -1.26. The van der Waals surface area contributed by atoms with Crippen LogP contribution in [0.2, 0.25) is 0 Å². The second-order valence-corrected chi connectivity index (χ2v) is 5.53. The maximum atomic E-state index is 9.87. The summed E-state index contributed by atoms with van der Waals surface area (Å²) in [5.41, 5.74) is 0.695. The molecule has 1 fully saturated rings. The first kappa shape index (κ1) is 15.1. The van der Waals surface area contributed by atoms with Crippen LogP contribution in [-0.2, 0) is 4.74 Å². The normalized spacial score (nSPS) is 26.2. The van der Waals surface area contributed by atoms with Crippen molar-refractivity contribution in [2.24, 2.45) is 0 Å². The van der Waals surface area contributed by atoms with Crippen LogP contribution in [0, 0.1) is 0 Å². The van der Waals surface area contributed by atoms with E-state index in [0.717, 1.165) is 37.1 Å². The number of anilines is 1. The Bertz CT molecular complexity index is 422. The predicted molar refractivity (Wildman–Crippen MR) is 80.3 cm³/mol. The molecule has 0 radical (unpaired) electrons. The molecule has 0 spiro atoms. The van der Waals surface area contributed by atoms with Crippen LogP contribution < -0.4 is 10.1 Å². The quantitative estimate of drug-likeness (QED) is 0.840. The average Bonchev–Trinajstić information content (AvgIpc) is 2.48. The van der Waals surface area contributed by atoms with Crippen LogP contribution in [0.3, 0.4) is 0 Å². The number of rotatable bonds is 6. The third kappa shape index (κ3) is 3.64. The molecule has 0 aliphatic carbocycles. The van der Waals surface area contributed by atoms with Gasteiger partial charge in [-0.2, -0.15) is 0 Å². The maximum absolute atomic E-state index is 9.87. The molecule has 0 aromatic heterocycles. The van der Waals surface area contributed by atoms with Gasteiger partial charge in [-0.1, -0.05) is 19.4 Å². The van der Waals surface area contributed by atoms with Crippen LogP contribution in [0.1, 0.15) is 32.6 Å². The van der Waals surface area contributed by atoms with Crippen LogP contribution in [0.15, 0.2) is 24.3 Å². The van der Waals surface area contributed by atoms with Crippen molar-refractivity contribution in [2.45, 2.75) is 44.2 Å². The van der Waals surface area contributed by atoms with E-state index in [2.05, 4.69) is 12.2 Å². The van der Waals surface area contributed by atoms with Crippen LogP contribution in [0.25, 0.3) is 0 Å². The summed E-state index contributed by atoms with van der Waals surface area (Å²) in [5.74, 6) is 0.820. The van der Waals surface area contributed by atoms with Gasteiger partial charge in [0, 0.05) is 18.4 Å². The van der Waals surface area contributed by atoms with E-state index in [1.165, 1.54) is 0 Å². The van der Waals surface area contributed by atoms with Crippen molar-refractivity contribution in [3.05, 3.63) is 24.3 Å². The first-order chi connectivity index (χ1) is 9.71. The van der Waals surface area contributed by atoms with Crippen LogP contribution in [0.4, 0.5) is 5.69 Å². The minimum atomic E-state index is -0.287. The number of benzene rings is 1. The van der Waals surface area contributed by atoms with Crippen LogP contribution in [-0.4, -0.2) is 37.1 Å². The van der Waals surface area contributed by atoms with Gasteiger partial charge in [0.05, 0.1) is 25.4 Å². The average molecular weight is 279 g/mol. The van der Waals surface area contributed by atoms with E-state index < -0.39 is 0 Å². The third-order valence-corrected chi connectivity index (χ3v) is 3.95. The molecule has 2 rings (SSSR count). The highest BCUT2D eigenvalue weighted by molar-refractivity contribution is 5.50. The smallest absolute Gasteiger partial charge is 0.120 e. The summed E-state index contributed by atoms with van der Waals surface area (Å²) in [4.78, 5) is 0. The van der Waals surface area contributed by atoms with E-state index in [4.69, 9.17) is 9.47 Å². The van der Waals surface area contributed by atoms with E-state index in [0.29, 0.717) is 6.61 Å². The molecular weight excluding hydrogens is 254 g/mol. The first-order valence-electron chi connectivity index (χ1n) is 7.36. The minimum absolute atomic E-state index is 0.119. The zero-order chi connectivity index (χ0) is 14.4. The zero-order valence-electron chi connectivity index (χ0n) is 12.4. The summed E-state index contributed by atoms with van der Waals surface area (Å²) >= 11 is 0. The molecule has 2 N–H and O–H groups in total. The molecule has 112 valence electrons. The molecule has 0 saturated carbocycles. The molecule has 1 saturated heterocycles. The Morgan fingerprint density at radius 2 is 2.35 bits per heavy atom. The summed E-state index contributed by atoms with van der Waals surface area (Å²) < 4.78 is 11.0. The number of ether oxygens (including phenoxy) is 2. The highest BCUT2D eigenvalue weighted by atomic mass is 16.5. The molecule has 2 atom stereocenters. The lowest BCUT2D eigenvalue weighted by Gasteiger charge is -2.41. The Morgan fingerprint density at radius 3 is 3.05 bits per heavy atom. The lowest BCUT2D eigenvalue weighted by Crippen LogP contribution is -2.49. The Balaban J connectivity index is 2.09. The molecule has 1 aromatic carbocycles. The van der Waals surface area contributed by atoms with Gasteiger partial charge in [0.15, 0.2) is 0 Å². The number of hydrogen-bond donors (Lipinski definition) is 2. The summed E-state index contributed by atoms with van der Waals surface area (Å²) in [7, 11) is 1.66. The SMILES string of the molecule is CCCC1CC(CO)(Nc2cccc(OC)c2)CCO1. The molecule has 4 nitrogen and oxygen atoms in total. The van der Waals surface area contributed by atoms with E-state index in [1.54, 1.807) is 7.11 Å². The fourth-order valence-electron chi connectivity index (χ4n) is 2.83. The van der Waals surface area contributed by atoms with Crippen molar-refractivity contribution in [3.8, 4) is 5.75 Å². The van der Waals surface area contributed by atoms with E-state index in [1.807, 2.05) is 24.3 Å². The number of aliphatic hydroxyl groups is 1. The lowest BCUT2D eigenvalue weighted by atomic mass is 9.85. The Kier molecular flexibility index (Phi) is 5.26. The summed E-state index contributed by atoms with van der Waals surface area (Å²) in [5, 5.41) is 13.4. The van der Waals surface area contributed by atoms with Gasteiger partial charge in [0.2, 0.25) is 0 Å². The van der Waals surface area contributed by atoms with E-state index in [9.17, 15) is 5.11 Å². The topological polar surface area (TPSA) is 50.7 Å². The summed E-state index contributed by atoms with van der Waals surface area (Å²) in [6, 6.07) is 7.84. The van der Waals surface area contributed by atoms with Crippen molar-refractivity contribution in [3.63, 3.8) is 0 Å². The van der Waals surface area contributed by atoms with Gasteiger partial charge >= 0.3 is 0 Å². The molecule has 1 heterocycles. The Morgan fingerprint density at radius 1 is 1.50 bits per heavy atom. The molecule has 4 heteroatoms.